The highest BCUT2D eigenvalue weighted by molar-refractivity contribution is 5.82. The Bertz CT molecular complexity index is 463. The summed E-state index contributed by atoms with van der Waals surface area (Å²) in [5.74, 6) is 0.0501. The van der Waals surface area contributed by atoms with E-state index in [0.717, 1.165) is 19.4 Å². The lowest BCUT2D eigenvalue weighted by atomic mass is 9.94. The summed E-state index contributed by atoms with van der Waals surface area (Å²) in [5.41, 5.74) is 0.601. The maximum atomic E-state index is 13.6. The summed E-state index contributed by atoms with van der Waals surface area (Å²) in [6.45, 7) is 2.08. The lowest BCUT2D eigenvalue weighted by Crippen LogP contribution is -2.41. The van der Waals surface area contributed by atoms with E-state index in [1.54, 1.807) is 17.0 Å². The van der Waals surface area contributed by atoms with Gasteiger partial charge in [-0.2, -0.15) is 0 Å². The number of nitrogens with zero attached hydrogens (tertiary/aromatic N) is 1. The fourth-order valence-corrected chi connectivity index (χ4v) is 2.98. The Labute approximate surface area is 106 Å². The van der Waals surface area contributed by atoms with E-state index in [-0.39, 0.29) is 23.7 Å². The van der Waals surface area contributed by atoms with Gasteiger partial charge in [0.05, 0.1) is 5.92 Å². The van der Waals surface area contributed by atoms with Crippen LogP contribution < -0.4 is 5.32 Å². The topological polar surface area (TPSA) is 32.3 Å². The van der Waals surface area contributed by atoms with Crippen molar-refractivity contribution in [3.05, 3.63) is 35.6 Å². The number of hydrogen-bond donors (Lipinski definition) is 1. The summed E-state index contributed by atoms with van der Waals surface area (Å²) in [5, 5.41) is 3.39. The van der Waals surface area contributed by atoms with E-state index >= 15 is 0 Å². The van der Waals surface area contributed by atoms with Crippen LogP contribution in [-0.4, -0.2) is 29.9 Å². The highest BCUT2D eigenvalue weighted by Crippen LogP contribution is 2.27. The van der Waals surface area contributed by atoms with Crippen LogP contribution in [0.4, 0.5) is 4.39 Å². The molecule has 1 aromatic rings. The zero-order valence-electron chi connectivity index (χ0n) is 10.2. The Morgan fingerprint density at radius 3 is 3.00 bits per heavy atom. The number of rotatable bonds is 2. The molecule has 0 aromatic heterocycles. The number of fused-ring (bicyclic) bond motifs is 1. The molecule has 0 radical (unpaired) electrons. The molecule has 0 spiro atoms. The van der Waals surface area contributed by atoms with Gasteiger partial charge in [0.15, 0.2) is 0 Å². The van der Waals surface area contributed by atoms with Gasteiger partial charge in [-0.15, -0.1) is 0 Å². The molecule has 0 aliphatic carbocycles. The molecule has 3 nitrogen and oxygen atoms in total. The van der Waals surface area contributed by atoms with Crippen LogP contribution in [0.15, 0.2) is 24.3 Å². The number of hydrogen-bond acceptors (Lipinski definition) is 2. The van der Waals surface area contributed by atoms with Crippen molar-refractivity contribution < 1.29 is 9.18 Å². The minimum absolute atomic E-state index is 0.102. The molecule has 2 saturated heterocycles. The quantitative estimate of drug-likeness (QED) is 0.861. The van der Waals surface area contributed by atoms with Gasteiger partial charge >= 0.3 is 0 Å². The fourth-order valence-electron chi connectivity index (χ4n) is 2.98. The summed E-state index contributed by atoms with van der Waals surface area (Å²) in [6.07, 6.45) is 2.02. The standard InChI is InChI=1S/C14H17FN2O/c15-12-6-2-1-4-10(12)8-17-9-13-11(14(17)18)5-3-7-16-13/h1-2,4,6,11,13,16H,3,5,7-9H2. The molecule has 2 aliphatic heterocycles. The van der Waals surface area contributed by atoms with Gasteiger partial charge in [0.2, 0.25) is 5.91 Å². The first-order valence-electron chi connectivity index (χ1n) is 6.51. The van der Waals surface area contributed by atoms with Gasteiger partial charge in [-0.3, -0.25) is 4.79 Å². The maximum Gasteiger partial charge on any atom is 0.227 e. The molecule has 2 heterocycles. The zero-order chi connectivity index (χ0) is 12.5. The molecule has 1 N–H and O–H groups in total. The van der Waals surface area contributed by atoms with Crippen LogP contribution in [-0.2, 0) is 11.3 Å². The lowest BCUT2D eigenvalue weighted by molar-refractivity contribution is -0.131. The molecule has 1 aromatic carbocycles. The first kappa shape index (κ1) is 11.7. The molecule has 2 unspecified atom stereocenters. The number of carbonyl (C=O) groups is 1. The average molecular weight is 248 g/mol. The number of amides is 1. The molecule has 18 heavy (non-hydrogen) atoms. The predicted octanol–water partition coefficient (Wildman–Crippen LogP) is 1.54. The molecule has 0 bridgehead atoms. The third kappa shape index (κ3) is 2.01. The van der Waals surface area contributed by atoms with Gasteiger partial charge in [-0.1, -0.05) is 18.2 Å². The largest absolute Gasteiger partial charge is 0.336 e. The van der Waals surface area contributed by atoms with Crippen molar-refractivity contribution in [2.45, 2.75) is 25.4 Å². The molecule has 96 valence electrons. The van der Waals surface area contributed by atoms with Crippen molar-refractivity contribution in [3.8, 4) is 0 Å². The van der Waals surface area contributed by atoms with Crippen LogP contribution in [0.3, 0.4) is 0 Å². The molecular formula is C14H17FN2O. The van der Waals surface area contributed by atoms with Crippen molar-refractivity contribution in [2.75, 3.05) is 13.1 Å². The number of carbonyl (C=O) groups excluding carboxylic acids is 1. The van der Waals surface area contributed by atoms with E-state index in [0.29, 0.717) is 18.7 Å². The number of piperidine rings is 1. The Morgan fingerprint density at radius 1 is 1.39 bits per heavy atom. The first-order valence-corrected chi connectivity index (χ1v) is 6.51. The van der Waals surface area contributed by atoms with E-state index < -0.39 is 0 Å². The van der Waals surface area contributed by atoms with Gasteiger partial charge in [-0.25, -0.2) is 4.39 Å². The molecular weight excluding hydrogens is 231 g/mol. The van der Waals surface area contributed by atoms with E-state index in [4.69, 9.17) is 0 Å². The number of halogens is 1. The molecule has 3 rings (SSSR count). The Hall–Kier alpha value is -1.42. The summed E-state index contributed by atoms with van der Waals surface area (Å²) in [7, 11) is 0. The molecule has 2 atom stereocenters. The summed E-state index contributed by atoms with van der Waals surface area (Å²) in [6, 6.07) is 6.94. The van der Waals surface area contributed by atoms with Crippen molar-refractivity contribution in [2.24, 2.45) is 5.92 Å². The highest BCUT2D eigenvalue weighted by Gasteiger charge is 2.41. The predicted molar refractivity (Wildman–Crippen MR) is 66.3 cm³/mol. The van der Waals surface area contributed by atoms with Crippen LogP contribution in [0.2, 0.25) is 0 Å². The second-order valence-corrected chi connectivity index (χ2v) is 5.12. The van der Waals surface area contributed by atoms with Crippen LogP contribution in [0, 0.1) is 11.7 Å². The van der Waals surface area contributed by atoms with E-state index in [1.807, 2.05) is 6.07 Å². The summed E-state index contributed by atoms with van der Waals surface area (Å²) < 4.78 is 13.6. The second kappa shape index (κ2) is 4.69. The molecule has 2 aliphatic rings. The number of benzene rings is 1. The first-order chi connectivity index (χ1) is 8.75. The van der Waals surface area contributed by atoms with Gasteiger partial charge in [0.1, 0.15) is 5.82 Å². The van der Waals surface area contributed by atoms with Crippen molar-refractivity contribution in [3.63, 3.8) is 0 Å². The average Bonchev–Trinajstić information content (AvgIpc) is 2.70. The molecule has 0 saturated carbocycles. The van der Waals surface area contributed by atoms with Crippen LogP contribution in [0.1, 0.15) is 18.4 Å². The zero-order valence-corrected chi connectivity index (χ0v) is 10.2. The Balaban J connectivity index is 1.74. The van der Waals surface area contributed by atoms with Crippen molar-refractivity contribution >= 4 is 5.91 Å². The highest BCUT2D eigenvalue weighted by atomic mass is 19.1. The van der Waals surface area contributed by atoms with E-state index in [2.05, 4.69) is 5.32 Å². The monoisotopic (exact) mass is 248 g/mol. The van der Waals surface area contributed by atoms with Gasteiger partial charge in [0, 0.05) is 24.7 Å². The van der Waals surface area contributed by atoms with E-state index in [1.165, 1.54) is 6.07 Å². The normalized spacial score (nSPS) is 27.4. The van der Waals surface area contributed by atoms with Crippen molar-refractivity contribution in [1.82, 2.24) is 10.2 Å². The van der Waals surface area contributed by atoms with E-state index in [9.17, 15) is 9.18 Å². The third-order valence-corrected chi connectivity index (χ3v) is 3.95. The minimum Gasteiger partial charge on any atom is -0.336 e. The molecule has 2 fully saturated rings. The summed E-state index contributed by atoms with van der Waals surface area (Å²) in [4.78, 5) is 14.0. The lowest BCUT2D eigenvalue weighted by Gasteiger charge is -2.23. The van der Waals surface area contributed by atoms with Gasteiger partial charge in [-0.05, 0) is 25.5 Å². The Morgan fingerprint density at radius 2 is 2.22 bits per heavy atom. The summed E-state index contributed by atoms with van der Waals surface area (Å²) >= 11 is 0. The minimum atomic E-state index is -0.229. The SMILES string of the molecule is O=C1C2CCCNC2CN1Cc1ccccc1F. The molecule has 4 heteroatoms. The second-order valence-electron chi connectivity index (χ2n) is 5.12. The smallest absolute Gasteiger partial charge is 0.227 e. The van der Waals surface area contributed by atoms with Gasteiger partial charge in [0.25, 0.3) is 0 Å². The third-order valence-electron chi connectivity index (χ3n) is 3.95. The van der Waals surface area contributed by atoms with Crippen LogP contribution in [0.5, 0.6) is 0 Å². The number of likely N-dealkylation sites (tertiary alicyclic amines) is 1. The Kier molecular flexibility index (Phi) is 3.04. The number of nitrogens with one attached hydrogen (secondary N) is 1. The van der Waals surface area contributed by atoms with Gasteiger partial charge < -0.3 is 10.2 Å². The van der Waals surface area contributed by atoms with Crippen molar-refractivity contribution in [1.29, 1.82) is 0 Å². The van der Waals surface area contributed by atoms with Crippen LogP contribution >= 0.6 is 0 Å². The maximum absolute atomic E-state index is 13.6. The fraction of sp³-hybridized carbons (Fsp3) is 0.500. The van der Waals surface area contributed by atoms with Crippen LogP contribution in [0.25, 0.3) is 0 Å². The molecule has 1 amide bonds.